The van der Waals surface area contributed by atoms with Crippen molar-refractivity contribution in [1.82, 2.24) is 14.9 Å². The van der Waals surface area contributed by atoms with Crippen LogP contribution >= 0.6 is 0 Å². The Morgan fingerprint density at radius 2 is 2.09 bits per heavy atom. The van der Waals surface area contributed by atoms with E-state index in [4.69, 9.17) is 4.84 Å². The van der Waals surface area contributed by atoms with Gasteiger partial charge in [0.15, 0.2) is 0 Å². The van der Waals surface area contributed by atoms with Crippen LogP contribution in [0, 0.1) is 11.7 Å². The minimum absolute atomic E-state index is 0.111. The average molecular weight is 471 g/mol. The molecule has 9 heteroatoms. The molecule has 0 bridgehead atoms. The second-order valence-electron chi connectivity index (χ2n) is 8.34. The summed E-state index contributed by atoms with van der Waals surface area (Å²) in [5.74, 6) is -1.28. The number of amides is 3. The maximum absolute atomic E-state index is 13.5. The number of likely N-dealkylation sites (tertiary alicyclic amines) is 1. The van der Waals surface area contributed by atoms with E-state index >= 15 is 0 Å². The topological polar surface area (TPSA) is 91.8 Å². The highest BCUT2D eigenvalue weighted by molar-refractivity contribution is 5.97. The van der Waals surface area contributed by atoms with Crippen LogP contribution in [0.15, 0.2) is 48.7 Å². The number of carbonyl (C=O) groups is 3. The van der Waals surface area contributed by atoms with Gasteiger partial charge in [-0.1, -0.05) is 50.1 Å². The summed E-state index contributed by atoms with van der Waals surface area (Å²) in [5, 5.41) is 3.83. The number of hydroxylamine groups is 2. The largest absolute Gasteiger partial charge is 0.330 e. The molecule has 3 rings (SSSR count). The molecule has 1 saturated heterocycles. The van der Waals surface area contributed by atoms with Gasteiger partial charge >= 0.3 is 0 Å². The van der Waals surface area contributed by atoms with Gasteiger partial charge in [0.25, 0.3) is 0 Å². The number of rotatable bonds is 12. The summed E-state index contributed by atoms with van der Waals surface area (Å²) in [7, 11) is 0. The molecule has 8 nitrogen and oxygen atoms in total. The lowest BCUT2D eigenvalue weighted by molar-refractivity contribution is -0.183. The predicted octanol–water partition coefficient (Wildman–Crippen LogP) is 3.55. The second kappa shape index (κ2) is 12.8. The van der Waals surface area contributed by atoms with Crippen LogP contribution in [0.25, 0.3) is 0 Å². The van der Waals surface area contributed by atoms with Crippen molar-refractivity contribution in [2.24, 2.45) is 5.92 Å². The molecule has 0 spiro atoms. The fraction of sp³-hybridized carbons (Fsp3) is 0.440. The number of nitrogens with one attached hydrogen (secondary N) is 1. The van der Waals surface area contributed by atoms with E-state index in [1.54, 1.807) is 4.90 Å². The minimum atomic E-state index is -0.640. The smallest absolute Gasteiger partial charge is 0.248 e. The summed E-state index contributed by atoms with van der Waals surface area (Å²) in [6.07, 6.45) is 5.13. The Hall–Kier alpha value is -3.33. The lowest BCUT2D eigenvalue weighted by Crippen LogP contribution is -2.47. The molecule has 1 unspecified atom stereocenters. The molecule has 1 fully saturated rings. The first kappa shape index (κ1) is 25.3. The third kappa shape index (κ3) is 7.08. The zero-order chi connectivity index (χ0) is 24.3. The monoisotopic (exact) mass is 470 g/mol. The van der Waals surface area contributed by atoms with Crippen LogP contribution < -0.4 is 5.32 Å². The molecule has 2 atom stereocenters. The highest BCUT2D eigenvalue weighted by Crippen LogP contribution is 2.24. The molecule has 1 aromatic carbocycles. The highest BCUT2D eigenvalue weighted by atomic mass is 19.1. The molecule has 0 radical (unpaired) electrons. The van der Waals surface area contributed by atoms with Crippen LogP contribution in [0.1, 0.15) is 44.6 Å². The Bertz CT molecular complexity index is 942. The van der Waals surface area contributed by atoms with Crippen molar-refractivity contribution in [3.63, 3.8) is 0 Å². The molecule has 2 heterocycles. The molecule has 3 amide bonds. The molecular weight excluding hydrogens is 439 g/mol. The lowest BCUT2D eigenvalue weighted by Gasteiger charge is -2.30. The summed E-state index contributed by atoms with van der Waals surface area (Å²) in [6.45, 7) is 2.82. The SMILES string of the molecule is CCCC[C@H](CN(C=O)OCc1ccccc1)C(=O)N1CCCC1C(=O)Nc1ccc(F)cn1. The molecule has 1 aliphatic rings. The van der Waals surface area contributed by atoms with Gasteiger partial charge in [-0.3, -0.25) is 19.2 Å². The first-order valence-corrected chi connectivity index (χ1v) is 11.6. The van der Waals surface area contributed by atoms with E-state index in [-0.39, 0.29) is 30.8 Å². The van der Waals surface area contributed by atoms with E-state index < -0.39 is 17.8 Å². The van der Waals surface area contributed by atoms with E-state index in [1.165, 1.54) is 17.2 Å². The number of anilines is 1. The number of halogens is 1. The maximum atomic E-state index is 13.5. The van der Waals surface area contributed by atoms with E-state index in [9.17, 15) is 18.8 Å². The van der Waals surface area contributed by atoms with Crippen LogP contribution in [-0.2, 0) is 25.8 Å². The number of nitrogens with zero attached hydrogens (tertiary/aromatic N) is 3. The molecular formula is C25H31FN4O4. The van der Waals surface area contributed by atoms with Crippen molar-refractivity contribution in [2.75, 3.05) is 18.4 Å². The van der Waals surface area contributed by atoms with Crippen LogP contribution in [0.5, 0.6) is 0 Å². The lowest BCUT2D eigenvalue weighted by atomic mass is 9.99. The number of hydrogen-bond acceptors (Lipinski definition) is 5. The Morgan fingerprint density at radius 3 is 2.76 bits per heavy atom. The van der Waals surface area contributed by atoms with Gasteiger partial charge in [0, 0.05) is 6.54 Å². The van der Waals surface area contributed by atoms with Crippen LogP contribution in [0.4, 0.5) is 10.2 Å². The highest BCUT2D eigenvalue weighted by Gasteiger charge is 2.37. The number of hydrogen-bond donors (Lipinski definition) is 1. The van der Waals surface area contributed by atoms with Gasteiger partial charge < -0.3 is 10.2 Å². The van der Waals surface area contributed by atoms with Gasteiger partial charge in [-0.25, -0.2) is 14.4 Å². The van der Waals surface area contributed by atoms with Crippen molar-refractivity contribution in [3.8, 4) is 0 Å². The fourth-order valence-electron chi connectivity index (χ4n) is 4.02. The van der Waals surface area contributed by atoms with Gasteiger partial charge in [0.1, 0.15) is 24.3 Å². The van der Waals surface area contributed by atoms with Crippen molar-refractivity contribution in [2.45, 2.75) is 51.7 Å². The third-order valence-electron chi connectivity index (χ3n) is 5.83. The maximum Gasteiger partial charge on any atom is 0.248 e. The van der Waals surface area contributed by atoms with Gasteiger partial charge in [0.2, 0.25) is 18.2 Å². The summed E-state index contributed by atoms with van der Waals surface area (Å²) >= 11 is 0. The number of aromatic nitrogens is 1. The Kier molecular flexibility index (Phi) is 9.51. The van der Waals surface area contributed by atoms with Crippen molar-refractivity contribution in [3.05, 3.63) is 60.0 Å². The minimum Gasteiger partial charge on any atom is -0.330 e. The number of carbonyl (C=O) groups excluding carboxylic acids is 3. The van der Waals surface area contributed by atoms with E-state index in [0.29, 0.717) is 32.2 Å². The first-order valence-electron chi connectivity index (χ1n) is 11.6. The number of pyridine rings is 1. The first-order chi connectivity index (χ1) is 16.5. The molecule has 0 aliphatic carbocycles. The van der Waals surface area contributed by atoms with Gasteiger partial charge in [-0.15, -0.1) is 0 Å². The fourth-order valence-corrected chi connectivity index (χ4v) is 4.02. The van der Waals surface area contributed by atoms with Gasteiger partial charge in [-0.05, 0) is 37.0 Å². The molecule has 2 aromatic rings. The number of benzene rings is 1. The normalized spacial score (nSPS) is 16.2. The van der Waals surface area contributed by atoms with E-state index in [2.05, 4.69) is 10.3 Å². The Balaban J connectivity index is 1.65. The van der Waals surface area contributed by atoms with Crippen molar-refractivity contribution >= 4 is 24.0 Å². The molecule has 1 N–H and O–H groups in total. The third-order valence-corrected chi connectivity index (χ3v) is 5.83. The molecule has 1 aliphatic heterocycles. The van der Waals surface area contributed by atoms with Crippen molar-refractivity contribution in [1.29, 1.82) is 0 Å². The van der Waals surface area contributed by atoms with E-state index in [1.807, 2.05) is 37.3 Å². The molecule has 0 saturated carbocycles. The van der Waals surface area contributed by atoms with Gasteiger partial charge in [0.05, 0.1) is 18.7 Å². The molecule has 34 heavy (non-hydrogen) atoms. The second-order valence-corrected chi connectivity index (χ2v) is 8.34. The quantitative estimate of drug-likeness (QED) is 0.378. The summed E-state index contributed by atoms with van der Waals surface area (Å²) < 4.78 is 13.1. The van der Waals surface area contributed by atoms with Crippen LogP contribution in [0.3, 0.4) is 0 Å². The summed E-state index contributed by atoms with van der Waals surface area (Å²) in [4.78, 5) is 49.1. The summed E-state index contributed by atoms with van der Waals surface area (Å²) in [6, 6.07) is 11.4. The number of unbranched alkanes of at least 4 members (excludes halogenated alkanes) is 1. The predicted molar refractivity (Wildman–Crippen MR) is 125 cm³/mol. The van der Waals surface area contributed by atoms with Crippen LogP contribution in [0.2, 0.25) is 0 Å². The standard InChI is InChI=1S/C25H31FN4O4/c1-2-3-10-20(16-29(18-31)34-17-19-8-5-4-6-9-19)25(33)30-14-7-11-22(30)24(32)28-23-13-12-21(26)15-27-23/h4-6,8-9,12-13,15,18,20,22H,2-3,7,10-11,14,16-17H2,1H3,(H,27,28,32)/t20-,22?/m1/s1. The summed E-state index contributed by atoms with van der Waals surface area (Å²) in [5.41, 5.74) is 0.913. The molecule has 182 valence electrons. The Labute approximate surface area is 199 Å². The van der Waals surface area contributed by atoms with E-state index in [0.717, 1.165) is 24.6 Å². The Morgan fingerprint density at radius 1 is 1.29 bits per heavy atom. The zero-order valence-corrected chi connectivity index (χ0v) is 19.4. The van der Waals surface area contributed by atoms with Crippen LogP contribution in [-0.4, -0.2) is 52.3 Å². The molecule has 1 aromatic heterocycles. The zero-order valence-electron chi connectivity index (χ0n) is 19.4. The van der Waals surface area contributed by atoms with Crippen molar-refractivity contribution < 1.29 is 23.6 Å². The average Bonchev–Trinajstić information content (AvgIpc) is 3.35. The van der Waals surface area contributed by atoms with Gasteiger partial charge in [-0.2, -0.15) is 0 Å².